The first-order valence-electron chi connectivity index (χ1n) is 9.20. The zero-order valence-corrected chi connectivity index (χ0v) is 15.7. The summed E-state index contributed by atoms with van der Waals surface area (Å²) in [6.45, 7) is 5.97. The normalized spacial score (nSPS) is 10.4. The fourth-order valence-electron chi connectivity index (χ4n) is 2.95. The maximum atomic E-state index is 12.8. The molecular formula is C22H24N4O. The van der Waals surface area contributed by atoms with Crippen molar-refractivity contribution in [1.29, 1.82) is 0 Å². The summed E-state index contributed by atoms with van der Waals surface area (Å²) in [5.41, 5.74) is 2.51. The summed E-state index contributed by atoms with van der Waals surface area (Å²) < 4.78 is 0. The number of nitrogens with zero attached hydrogens (tertiary/aromatic N) is 4. The smallest absolute Gasteiger partial charge is 0.274 e. The van der Waals surface area contributed by atoms with Crippen molar-refractivity contribution in [2.45, 2.75) is 20.4 Å². The number of benzene rings is 2. The van der Waals surface area contributed by atoms with Crippen molar-refractivity contribution in [3.8, 4) is 0 Å². The third-order valence-electron chi connectivity index (χ3n) is 4.40. The summed E-state index contributed by atoms with van der Waals surface area (Å²) >= 11 is 0. The summed E-state index contributed by atoms with van der Waals surface area (Å²) in [5, 5.41) is 0. The van der Waals surface area contributed by atoms with E-state index in [-0.39, 0.29) is 5.91 Å². The fourth-order valence-corrected chi connectivity index (χ4v) is 2.95. The molecule has 5 nitrogen and oxygen atoms in total. The van der Waals surface area contributed by atoms with Crippen molar-refractivity contribution in [2.75, 3.05) is 18.0 Å². The van der Waals surface area contributed by atoms with Crippen LogP contribution in [-0.4, -0.2) is 33.9 Å². The van der Waals surface area contributed by atoms with E-state index in [4.69, 9.17) is 0 Å². The number of carbonyl (C=O) groups is 1. The van der Waals surface area contributed by atoms with Crippen LogP contribution in [0.5, 0.6) is 0 Å². The molecule has 1 aromatic heterocycles. The second-order valence-corrected chi connectivity index (χ2v) is 6.14. The molecule has 0 radical (unpaired) electrons. The Morgan fingerprint density at radius 1 is 0.852 bits per heavy atom. The number of carbonyl (C=O) groups excluding carboxylic acids is 1. The molecule has 0 aliphatic carbocycles. The molecule has 138 valence electrons. The highest BCUT2D eigenvalue weighted by atomic mass is 16.2. The lowest BCUT2D eigenvalue weighted by molar-refractivity contribution is 0.0746. The lowest BCUT2D eigenvalue weighted by Gasteiger charge is -2.23. The highest BCUT2D eigenvalue weighted by molar-refractivity contribution is 5.92. The van der Waals surface area contributed by atoms with Crippen LogP contribution in [0.25, 0.3) is 0 Å². The third-order valence-corrected chi connectivity index (χ3v) is 4.40. The molecule has 0 N–H and O–H groups in total. The van der Waals surface area contributed by atoms with Gasteiger partial charge in [0.15, 0.2) is 5.82 Å². The molecular weight excluding hydrogens is 336 g/mol. The average molecular weight is 360 g/mol. The topological polar surface area (TPSA) is 49.3 Å². The van der Waals surface area contributed by atoms with E-state index in [1.165, 1.54) is 0 Å². The maximum Gasteiger partial charge on any atom is 0.274 e. The Morgan fingerprint density at radius 3 is 2.07 bits per heavy atom. The predicted molar refractivity (Wildman–Crippen MR) is 108 cm³/mol. The van der Waals surface area contributed by atoms with Crippen LogP contribution >= 0.6 is 0 Å². The van der Waals surface area contributed by atoms with Gasteiger partial charge in [0, 0.05) is 25.3 Å². The number of para-hydroxylation sites is 1. The van der Waals surface area contributed by atoms with Gasteiger partial charge in [-0.3, -0.25) is 4.79 Å². The largest absolute Gasteiger partial charge is 0.333 e. The van der Waals surface area contributed by atoms with Crippen LogP contribution in [-0.2, 0) is 6.54 Å². The monoisotopic (exact) mass is 360 g/mol. The Kier molecular flexibility index (Phi) is 6.15. The van der Waals surface area contributed by atoms with E-state index in [1.807, 2.05) is 67.6 Å². The van der Waals surface area contributed by atoms with Gasteiger partial charge in [-0.1, -0.05) is 48.5 Å². The summed E-state index contributed by atoms with van der Waals surface area (Å²) in [5.74, 6) is 0.620. The second-order valence-electron chi connectivity index (χ2n) is 6.14. The van der Waals surface area contributed by atoms with Gasteiger partial charge in [-0.2, -0.15) is 0 Å². The number of anilines is 2. The van der Waals surface area contributed by atoms with Crippen LogP contribution in [0.4, 0.5) is 11.5 Å². The van der Waals surface area contributed by atoms with Gasteiger partial charge in [0.25, 0.3) is 5.91 Å². The average Bonchev–Trinajstić information content (AvgIpc) is 2.74. The van der Waals surface area contributed by atoms with Gasteiger partial charge in [0.2, 0.25) is 0 Å². The molecule has 0 spiro atoms. The quantitative estimate of drug-likeness (QED) is 0.630. The first-order valence-corrected chi connectivity index (χ1v) is 9.20. The first kappa shape index (κ1) is 18.6. The van der Waals surface area contributed by atoms with E-state index in [2.05, 4.69) is 21.8 Å². The van der Waals surface area contributed by atoms with E-state index in [0.29, 0.717) is 18.8 Å². The number of hydrogen-bond donors (Lipinski definition) is 0. The van der Waals surface area contributed by atoms with Gasteiger partial charge >= 0.3 is 0 Å². The minimum absolute atomic E-state index is 0.108. The molecule has 1 heterocycles. The fraction of sp³-hybridized carbons (Fsp3) is 0.227. The number of aromatic nitrogens is 2. The molecule has 0 saturated carbocycles. The van der Waals surface area contributed by atoms with Crippen molar-refractivity contribution in [3.05, 3.63) is 84.3 Å². The molecule has 0 aliphatic heterocycles. The van der Waals surface area contributed by atoms with Crippen LogP contribution in [0.1, 0.15) is 29.9 Å². The van der Waals surface area contributed by atoms with Gasteiger partial charge in [0.05, 0.1) is 12.4 Å². The zero-order valence-electron chi connectivity index (χ0n) is 15.7. The molecule has 3 aromatic rings. The minimum atomic E-state index is -0.108. The minimum Gasteiger partial charge on any atom is -0.333 e. The van der Waals surface area contributed by atoms with Crippen molar-refractivity contribution in [3.63, 3.8) is 0 Å². The Labute approximate surface area is 160 Å². The lowest BCUT2D eigenvalue weighted by atomic mass is 10.2. The number of hydrogen-bond acceptors (Lipinski definition) is 4. The molecule has 0 bridgehead atoms. The van der Waals surface area contributed by atoms with E-state index < -0.39 is 0 Å². The van der Waals surface area contributed by atoms with Crippen LogP contribution in [0.15, 0.2) is 73.1 Å². The van der Waals surface area contributed by atoms with Gasteiger partial charge in [-0.05, 0) is 31.5 Å². The summed E-state index contributed by atoms with van der Waals surface area (Å²) in [4.78, 5) is 25.5. The van der Waals surface area contributed by atoms with E-state index in [0.717, 1.165) is 23.6 Å². The van der Waals surface area contributed by atoms with Crippen molar-refractivity contribution in [2.24, 2.45) is 0 Å². The van der Waals surface area contributed by atoms with Gasteiger partial charge in [0.1, 0.15) is 5.69 Å². The molecule has 0 aliphatic rings. The van der Waals surface area contributed by atoms with Crippen molar-refractivity contribution >= 4 is 17.4 Å². The molecule has 27 heavy (non-hydrogen) atoms. The molecule has 0 fully saturated rings. The zero-order chi connectivity index (χ0) is 19.1. The lowest BCUT2D eigenvalue weighted by Crippen LogP contribution is -2.31. The van der Waals surface area contributed by atoms with Crippen molar-refractivity contribution < 1.29 is 4.79 Å². The molecule has 5 heteroatoms. The Morgan fingerprint density at radius 2 is 1.52 bits per heavy atom. The number of amides is 1. The highest BCUT2D eigenvalue weighted by Gasteiger charge is 2.17. The van der Waals surface area contributed by atoms with Gasteiger partial charge in [-0.15, -0.1) is 0 Å². The number of rotatable bonds is 7. The SMILES string of the molecule is CCN(Cc1ccccc1)C(=O)c1cnc(N(CC)c2ccccc2)cn1. The van der Waals surface area contributed by atoms with Crippen LogP contribution < -0.4 is 4.90 Å². The molecule has 3 rings (SSSR count). The summed E-state index contributed by atoms with van der Waals surface area (Å²) in [6, 6.07) is 20.0. The van der Waals surface area contributed by atoms with E-state index in [9.17, 15) is 4.79 Å². The molecule has 2 aromatic carbocycles. The molecule has 0 saturated heterocycles. The standard InChI is InChI=1S/C22H24N4O/c1-3-25(17-18-11-7-5-8-12-18)22(27)20-15-24-21(16-23-20)26(4-2)19-13-9-6-10-14-19/h5-16H,3-4,17H2,1-2H3. The van der Waals surface area contributed by atoms with Crippen molar-refractivity contribution in [1.82, 2.24) is 14.9 Å². The van der Waals surface area contributed by atoms with Gasteiger partial charge in [-0.25, -0.2) is 9.97 Å². The first-order chi connectivity index (χ1) is 13.2. The van der Waals surface area contributed by atoms with E-state index >= 15 is 0 Å². The highest BCUT2D eigenvalue weighted by Crippen LogP contribution is 2.22. The molecule has 0 unspecified atom stereocenters. The second kappa shape index (κ2) is 8.94. The summed E-state index contributed by atoms with van der Waals surface area (Å²) in [7, 11) is 0. The van der Waals surface area contributed by atoms with E-state index in [1.54, 1.807) is 17.3 Å². The Hall–Kier alpha value is -3.21. The van der Waals surface area contributed by atoms with Crippen LogP contribution in [0.3, 0.4) is 0 Å². The maximum absolute atomic E-state index is 12.8. The van der Waals surface area contributed by atoms with Crippen LogP contribution in [0, 0.1) is 0 Å². The molecule has 1 amide bonds. The van der Waals surface area contributed by atoms with Gasteiger partial charge < -0.3 is 9.80 Å². The predicted octanol–water partition coefficient (Wildman–Crippen LogP) is 4.30. The van der Waals surface area contributed by atoms with Crippen LogP contribution in [0.2, 0.25) is 0 Å². The Bertz CT molecular complexity index is 851. The molecule has 0 atom stereocenters. The Balaban J connectivity index is 1.76. The summed E-state index contributed by atoms with van der Waals surface area (Å²) in [6.07, 6.45) is 3.23. The third kappa shape index (κ3) is 4.50.